The molecule has 0 saturated heterocycles. The smallest absolute Gasteiger partial charge is 0.164 e. The van der Waals surface area contributed by atoms with E-state index in [1.165, 1.54) is 21.5 Å². The van der Waals surface area contributed by atoms with Gasteiger partial charge in [-0.1, -0.05) is 146 Å². The molecule has 49 heavy (non-hydrogen) atoms. The molecule has 0 aliphatic rings. The second-order valence-electron chi connectivity index (χ2n) is 12.3. The maximum atomic E-state index is 6.30. The van der Waals surface area contributed by atoms with E-state index in [0.717, 1.165) is 60.5 Å². The van der Waals surface area contributed by atoms with Crippen LogP contribution in [0.5, 0.6) is 0 Å². The van der Waals surface area contributed by atoms with Crippen LogP contribution in [-0.2, 0) is 0 Å². The Morgan fingerprint density at radius 3 is 1.71 bits per heavy atom. The quantitative estimate of drug-likeness (QED) is 0.183. The second kappa shape index (κ2) is 11.0. The second-order valence-corrected chi connectivity index (χ2v) is 12.3. The zero-order valence-corrected chi connectivity index (χ0v) is 26.3. The van der Waals surface area contributed by atoms with Crippen LogP contribution in [0, 0.1) is 0 Å². The molecule has 0 amide bonds. The van der Waals surface area contributed by atoms with E-state index in [1.807, 2.05) is 42.5 Å². The molecule has 0 radical (unpaired) electrons. The van der Waals surface area contributed by atoms with E-state index >= 15 is 0 Å². The minimum Gasteiger partial charge on any atom is -0.456 e. The van der Waals surface area contributed by atoms with Crippen molar-refractivity contribution in [1.82, 2.24) is 15.0 Å². The third kappa shape index (κ3) is 4.42. The molecule has 2 aromatic heterocycles. The Hall–Kier alpha value is -6.65. The van der Waals surface area contributed by atoms with Crippen LogP contribution in [0.25, 0.3) is 99.5 Å². The highest BCUT2D eigenvalue weighted by atomic mass is 16.3. The molecule has 0 aliphatic heterocycles. The molecule has 0 spiro atoms. The van der Waals surface area contributed by atoms with Crippen LogP contribution in [0.3, 0.4) is 0 Å². The highest BCUT2D eigenvalue weighted by molar-refractivity contribution is 6.23. The van der Waals surface area contributed by atoms with Crippen molar-refractivity contribution in [3.05, 3.63) is 164 Å². The van der Waals surface area contributed by atoms with Gasteiger partial charge in [0.25, 0.3) is 0 Å². The fraction of sp³-hybridized carbons (Fsp3) is 0. The maximum Gasteiger partial charge on any atom is 0.164 e. The van der Waals surface area contributed by atoms with Gasteiger partial charge in [0.2, 0.25) is 0 Å². The molecular formula is C45H27N3O. The SMILES string of the molecule is c1ccc(-c2ccccc2-c2nc(-c3cc4ccccc4c4c3ccc3ccccc34)nc(-c3cccc4oc5ccccc5c34)n2)cc1. The molecule has 0 bridgehead atoms. The van der Waals surface area contributed by atoms with Gasteiger partial charge in [-0.3, -0.25) is 0 Å². The molecular weight excluding hydrogens is 599 g/mol. The zero-order valence-electron chi connectivity index (χ0n) is 26.3. The normalized spacial score (nSPS) is 11.7. The van der Waals surface area contributed by atoms with Crippen LogP contribution in [0.15, 0.2) is 168 Å². The average molecular weight is 626 g/mol. The molecule has 4 heteroatoms. The topological polar surface area (TPSA) is 51.8 Å². The predicted molar refractivity (Wildman–Crippen MR) is 201 cm³/mol. The average Bonchev–Trinajstić information content (AvgIpc) is 3.56. The molecule has 0 atom stereocenters. The van der Waals surface area contributed by atoms with Crippen LogP contribution in [0.2, 0.25) is 0 Å². The van der Waals surface area contributed by atoms with Crippen LogP contribution in [0.1, 0.15) is 0 Å². The summed E-state index contributed by atoms with van der Waals surface area (Å²) in [7, 11) is 0. The van der Waals surface area contributed by atoms with Crippen molar-refractivity contribution < 1.29 is 4.42 Å². The van der Waals surface area contributed by atoms with Crippen molar-refractivity contribution in [1.29, 1.82) is 0 Å². The van der Waals surface area contributed by atoms with Gasteiger partial charge in [-0.15, -0.1) is 0 Å². The van der Waals surface area contributed by atoms with Crippen molar-refractivity contribution >= 4 is 54.3 Å². The van der Waals surface area contributed by atoms with E-state index in [4.69, 9.17) is 19.4 Å². The molecule has 0 N–H and O–H groups in total. The van der Waals surface area contributed by atoms with Crippen molar-refractivity contribution in [2.24, 2.45) is 0 Å². The minimum atomic E-state index is 0.599. The number of hydrogen-bond donors (Lipinski definition) is 0. The van der Waals surface area contributed by atoms with Gasteiger partial charge in [0.1, 0.15) is 11.2 Å². The molecule has 10 rings (SSSR count). The molecule has 8 aromatic carbocycles. The first-order valence-corrected chi connectivity index (χ1v) is 16.5. The molecule has 0 unspecified atom stereocenters. The highest BCUT2D eigenvalue weighted by Gasteiger charge is 2.21. The molecule has 228 valence electrons. The lowest BCUT2D eigenvalue weighted by Gasteiger charge is -2.15. The van der Waals surface area contributed by atoms with Gasteiger partial charge < -0.3 is 4.42 Å². The first-order valence-electron chi connectivity index (χ1n) is 16.5. The van der Waals surface area contributed by atoms with Gasteiger partial charge >= 0.3 is 0 Å². The fourth-order valence-corrected chi connectivity index (χ4v) is 7.30. The Morgan fingerprint density at radius 1 is 0.327 bits per heavy atom. The highest BCUT2D eigenvalue weighted by Crippen LogP contribution is 2.41. The Bertz CT molecular complexity index is 2870. The summed E-state index contributed by atoms with van der Waals surface area (Å²) in [6.45, 7) is 0. The first-order chi connectivity index (χ1) is 24.3. The summed E-state index contributed by atoms with van der Waals surface area (Å²) in [6, 6.07) is 56.8. The van der Waals surface area contributed by atoms with E-state index in [0.29, 0.717) is 17.5 Å². The molecule has 2 heterocycles. The number of furan rings is 1. The van der Waals surface area contributed by atoms with Crippen molar-refractivity contribution in [3.8, 4) is 45.3 Å². The number of aromatic nitrogens is 3. The summed E-state index contributed by atoms with van der Waals surface area (Å²) < 4.78 is 6.30. The van der Waals surface area contributed by atoms with Gasteiger partial charge in [-0.2, -0.15) is 0 Å². The Labute approximate surface area is 282 Å². The monoisotopic (exact) mass is 625 g/mol. The number of para-hydroxylation sites is 1. The zero-order chi connectivity index (χ0) is 32.3. The van der Waals surface area contributed by atoms with Crippen molar-refractivity contribution in [2.45, 2.75) is 0 Å². The summed E-state index contributed by atoms with van der Waals surface area (Å²) in [6.07, 6.45) is 0. The maximum absolute atomic E-state index is 6.30. The van der Waals surface area contributed by atoms with E-state index in [9.17, 15) is 0 Å². The van der Waals surface area contributed by atoms with Crippen LogP contribution < -0.4 is 0 Å². The van der Waals surface area contributed by atoms with Gasteiger partial charge in [0.15, 0.2) is 17.5 Å². The van der Waals surface area contributed by atoms with E-state index in [-0.39, 0.29) is 0 Å². The summed E-state index contributed by atoms with van der Waals surface area (Å²) in [5.41, 5.74) is 6.61. The Kier molecular flexibility index (Phi) is 6.15. The summed E-state index contributed by atoms with van der Waals surface area (Å²) >= 11 is 0. The van der Waals surface area contributed by atoms with Gasteiger partial charge in [-0.05, 0) is 61.6 Å². The molecule has 0 saturated carbocycles. The number of benzene rings is 8. The molecule has 10 aromatic rings. The van der Waals surface area contributed by atoms with Gasteiger partial charge in [-0.25, -0.2) is 15.0 Å². The molecule has 0 fully saturated rings. The standard InChI is InChI=1S/C45H27N3O/c1-2-13-28(14-3-1)31-17-8-9-20-35(31)43-46-44(37-22-12-24-40-42(37)36-21-10-11-23-39(36)49-40)48-45(47-43)38-27-30-16-5-7-19-33(30)41-32-18-6-4-15-29(32)25-26-34(38)41/h1-27H. The largest absolute Gasteiger partial charge is 0.456 e. The third-order valence-corrected chi connectivity index (χ3v) is 9.52. The van der Waals surface area contributed by atoms with Crippen LogP contribution in [0.4, 0.5) is 0 Å². The number of fused-ring (bicyclic) bond motifs is 8. The lowest BCUT2D eigenvalue weighted by atomic mass is 9.92. The number of hydrogen-bond acceptors (Lipinski definition) is 4. The fourth-order valence-electron chi connectivity index (χ4n) is 7.30. The predicted octanol–water partition coefficient (Wildman–Crippen LogP) is 11.9. The summed E-state index contributed by atoms with van der Waals surface area (Å²) in [4.78, 5) is 15.9. The lowest BCUT2D eigenvalue weighted by Crippen LogP contribution is -2.02. The number of nitrogens with zero attached hydrogens (tertiary/aromatic N) is 3. The Balaban J connectivity index is 1.32. The van der Waals surface area contributed by atoms with E-state index < -0.39 is 0 Å². The minimum absolute atomic E-state index is 0.599. The Morgan fingerprint density at radius 2 is 0.898 bits per heavy atom. The molecule has 0 aliphatic carbocycles. The van der Waals surface area contributed by atoms with Crippen molar-refractivity contribution in [2.75, 3.05) is 0 Å². The number of rotatable bonds is 4. The summed E-state index contributed by atoms with van der Waals surface area (Å²) in [5, 5.41) is 9.07. The van der Waals surface area contributed by atoms with E-state index in [1.54, 1.807) is 0 Å². The lowest BCUT2D eigenvalue weighted by molar-refractivity contribution is 0.669. The third-order valence-electron chi connectivity index (χ3n) is 9.52. The van der Waals surface area contributed by atoms with Gasteiger partial charge in [0.05, 0.1) is 0 Å². The van der Waals surface area contributed by atoms with Crippen LogP contribution >= 0.6 is 0 Å². The first kappa shape index (κ1) is 27.5. The van der Waals surface area contributed by atoms with E-state index in [2.05, 4.69) is 121 Å². The van der Waals surface area contributed by atoms with Crippen LogP contribution in [-0.4, -0.2) is 15.0 Å². The molecule has 4 nitrogen and oxygen atoms in total. The van der Waals surface area contributed by atoms with Gasteiger partial charge in [0, 0.05) is 27.5 Å². The summed E-state index contributed by atoms with van der Waals surface area (Å²) in [5.74, 6) is 1.84. The van der Waals surface area contributed by atoms with Crippen molar-refractivity contribution in [3.63, 3.8) is 0 Å².